The Morgan fingerprint density at radius 1 is 0.808 bits per heavy atom. The van der Waals surface area contributed by atoms with Crippen LogP contribution in [0.1, 0.15) is 34.1 Å². The topological polar surface area (TPSA) is 88.1 Å². The lowest BCUT2D eigenvalue weighted by Crippen LogP contribution is -2.75. The van der Waals surface area contributed by atoms with E-state index in [0.29, 0.717) is 20.8 Å². The fourth-order valence-electron chi connectivity index (χ4n) is 1.62. The van der Waals surface area contributed by atoms with Gasteiger partial charge >= 0.3 is 26.4 Å². The van der Waals surface area contributed by atoms with Crippen LogP contribution in [0.15, 0.2) is 0 Å². The first-order valence-electron chi connectivity index (χ1n) is 6.92. The van der Waals surface area contributed by atoms with Crippen LogP contribution < -0.4 is 0 Å². The Bertz CT molecular complexity index is 512. The molecule has 0 aliphatic heterocycles. The lowest BCUT2D eigenvalue weighted by molar-refractivity contribution is -0.369. The molecular weight excluding hydrogens is 398 g/mol. The summed E-state index contributed by atoms with van der Waals surface area (Å²) in [4.78, 5) is 33.6. The summed E-state index contributed by atoms with van der Waals surface area (Å²) in [7, 11) is -6.43. The molecule has 0 bridgehead atoms. The highest BCUT2D eigenvalue weighted by Gasteiger charge is 2.90. The molecule has 0 heterocycles. The van der Waals surface area contributed by atoms with Gasteiger partial charge in [-0.05, 0) is 6.42 Å². The van der Waals surface area contributed by atoms with Gasteiger partial charge in [0.25, 0.3) is 17.9 Å². The molecule has 0 aliphatic rings. The van der Waals surface area contributed by atoms with Gasteiger partial charge in [-0.3, -0.25) is 14.4 Å². The van der Waals surface area contributed by atoms with Crippen LogP contribution in [0.2, 0.25) is 0 Å². The zero-order chi connectivity index (χ0) is 21.0. The molecule has 1 unspecified atom stereocenters. The second kappa shape index (κ2) is 8.24. The van der Waals surface area contributed by atoms with Crippen molar-refractivity contribution in [1.82, 2.24) is 0 Å². The van der Waals surface area contributed by atoms with Crippen molar-refractivity contribution in [3.63, 3.8) is 0 Å². The highest BCUT2D eigenvalue weighted by Crippen LogP contribution is 2.51. The van der Waals surface area contributed by atoms with Gasteiger partial charge in [-0.1, -0.05) is 6.92 Å². The first-order chi connectivity index (χ1) is 11.6. The minimum absolute atomic E-state index is 0.260. The molecule has 0 amide bonds. The molecule has 152 valence electrons. The van der Waals surface area contributed by atoms with Gasteiger partial charge in [0.2, 0.25) is 0 Å². The predicted molar refractivity (Wildman–Crippen MR) is 72.1 cm³/mol. The second-order valence-corrected chi connectivity index (χ2v) is 7.22. The first-order valence-corrected chi connectivity index (χ1v) is 8.65. The average Bonchev–Trinajstić information content (AvgIpc) is 2.40. The summed E-state index contributed by atoms with van der Waals surface area (Å²) in [5.41, 5.74) is -5.31. The zero-order valence-corrected chi connectivity index (χ0v) is 15.0. The van der Waals surface area contributed by atoms with Crippen molar-refractivity contribution in [2.24, 2.45) is 0 Å². The molecule has 26 heavy (non-hydrogen) atoms. The molecule has 14 heteroatoms. The van der Waals surface area contributed by atoms with Crippen molar-refractivity contribution < 1.29 is 58.7 Å². The largest absolute Gasteiger partial charge is 0.781 e. The molecule has 0 saturated heterocycles. The number of rotatable bonds is 8. The van der Waals surface area contributed by atoms with E-state index in [1.807, 2.05) is 0 Å². The van der Waals surface area contributed by atoms with Crippen molar-refractivity contribution in [3.8, 4) is 0 Å². The van der Waals surface area contributed by atoms with E-state index in [2.05, 4.69) is 18.0 Å². The Hall–Kier alpha value is -1.83. The van der Waals surface area contributed by atoms with E-state index >= 15 is 4.39 Å². The number of hydrogen-bond donors (Lipinski definition) is 0. The Morgan fingerprint density at radius 3 is 1.38 bits per heavy atom. The molecule has 0 saturated carbocycles. The SMILES string of the molecule is CCCOC(F)(C(F)(F)C(F)(F)F)[Si](OC(C)=O)(OC(C)=O)OC(C)=O. The second-order valence-electron chi connectivity index (χ2n) is 4.85. The Labute approximate surface area is 144 Å². The Kier molecular flexibility index (Phi) is 7.66. The molecule has 1 atom stereocenters. The van der Waals surface area contributed by atoms with Gasteiger partial charge in [-0.2, -0.15) is 26.3 Å². The van der Waals surface area contributed by atoms with Gasteiger partial charge in [-0.15, -0.1) is 0 Å². The lowest BCUT2D eigenvalue weighted by Gasteiger charge is -2.40. The number of carbonyl (C=O) groups is 3. The van der Waals surface area contributed by atoms with Crippen LogP contribution in [0, 0.1) is 0 Å². The van der Waals surface area contributed by atoms with Crippen LogP contribution in [0.25, 0.3) is 0 Å². The van der Waals surface area contributed by atoms with Crippen molar-refractivity contribution in [2.45, 2.75) is 51.7 Å². The molecule has 0 fully saturated rings. The molecular formula is C12H16F6O7Si. The van der Waals surface area contributed by atoms with Crippen LogP contribution in [0.5, 0.6) is 0 Å². The fraction of sp³-hybridized carbons (Fsp3) is 0.750. The fourth-order valence-corrected chi connectivity index (χ4v) is 4.08. The number of alkyl halides is 6. The normalized spacial score (nSPS) is 15.0. The highest BCUT2D eigenvalue weighted by atomic mass is 28.4. The van der Waals surface area contributed by atoms with E-state index in [9.17, 15) is 36.3 Å². The maximum absolute atomic E-state index is 15.2. The smallest absolute Gasteiger partial charge is 0.452 e. The number of carbonyl (C=O) groups excluding carboxylic acids is 3. The van der Waals surface area contributed by atoms with Gasteiger partial charge in [0.05, 0.1) is 6.61 Å². The standard InChI is InChI=1S/C12H16F6O7Si/c1-5-6-22-12(18,10(13,14)11(15,16)17)26(23-7(2)19,24-8(3)20)25-9(4)21/h5-6H2,1-4H3. The van der Waals surface area contributed by atoms with Gasteiger partial charge in [0.1, 0.15) is 0 Å². The maximum atomic E-state index is 15.2. The van der Waals surface area contributed by atoms with E-state index in [1.54, 1.807) is 0 Å². The predicted octanol–water partition coefficient (Wildman–Crippen LogP) is 2.44. The Morgan fingerprint density at radius 2 is 1.15 bits per heavy atom. The molecule has 0 rings (SSSR count). The van der Waals surface area contributed by atoms with Crippen molar-refractivity contribution >= 4 is 26.7 Å². The summed E-state index contributed by atoms with van der Waals surface area (Å²) in [5.74, 6) is -11.3. The third-order valence-electron chi connectivity index (χ3n) is 2.49. The van der Waals surface area contributed by atoms with E-state index in [1.165, 1.54) is 6.92 Å². The maximum Gasteiger partial charge on any atom is 0.781 e. The molecule has 0 spiro atoms. The van der Waals surface area contributed by atoms with Crippen LogP contribution in [0.3, 0.4) is 0 Å². The summed E-state index contributed by atoms with van der Waals surface area (Å²) in [6, 6.07) is 0. The molecule has 0 aliphatic carbocycles. The number of halogens is 6. The first kappa shape index (κ1) is 24.2. The van der Waals surface area contributed by atoms with E-state index in [-0.39, 0.29) is 6.42 Å². The monoisotopic (exact) mass is 414 g/mol. The number of ether oxygens (including phenoxy) is 1. The van der Waals surface area contributed by atoms with E-state index in [4.69, 9.17) is 0 Å². The molecule has 7 nitrogen and oxygen atoms in total. The summed E-state index contributed by atoms with van der Waals surface area (Å²) < 4.78 is 98.1. The van der Waals surface area contributed by atoms with Gasteiger partial charge in [0, 0.05) is 20.8 Å². The van der Waals surface area contributed by atoms with Crippen LogP contribution in [-0.4, -0.2) is 50.9 Å². The molecule has 0 aromatic heterocycles. The quantitative estimate of drug-likeness (QED) is 0.445. The average molecular weight is 414 g/mol. The van der Waals surface area contributed by atoms with Crippen molar-refractivity contribution in [2.75, 3.05) is 6.61 Å². The summed E-state index contributed by atoms with van der Waals surface area (Å²) in [6.07, 6.45) is -6.83. The summed E-state index contributed by atoms with van der Waals surface area (Å²) in [6.45, 7) is 1.65. The van der Waals surface area contributed by atoms with Crippen molar-refractivity contribution in [3.05, 3.63) is 0 Å². The third kappa shape index (κ3) is 4.87. The number of hydrogen-bond acceptors (Lipinski definition) is 7. The lowest BCUT2D eigenvalue weighted by atomic mass is 10.3. The van der Waals surface area contributed by atoms with E-state index in [0.717, 1.165) is 0 Å². The molecule has 0 aromatic rings. The van der Waals surface area contributed by atoms with Crippen LogP contribution in [-0.2, 0) is 32.4 Å². The minimum atomic E-state index is -6.58. The minimum Gasteiger partial charge on any atom is -0.452 e. The van der Waals surface area contributed by atoms with Crippen LogP contribution >= 0.6 is 0 Å². The van der Waals surface area contributed by atoms with Gasteiger partial charge in [-0.25, -0.2) is 0 Å². The summed E-state index contributed by atoms with van der Waals surface area (Å²) in [5, 5.41) is 0. The van der Waals surface area contributed by atoms with E-state index < -0.39 is 50.9 Å². The molecule has 0 radical (unpaired) electrons. The Balaban J connectivity index is 6.78. The third-order valence-corrected chi connectivity index (χ3v) is 5.41. The zero-order valence-electron chi connectivity index (χ0n) is 14.0. The van der Waals surface area contributed by atoms with Gasteiger partial charge < -0.3 is 18.0 Å². The van der Waals surface area contributed by atoms with Gasteiger partial charge in [0.15, 0.2) is 0 Å². The molecule has 0 aromatic carbocycles. The van der Waals surface area contributed by atoms with Crippen LogP contribution in [0.4, 0.5) is 26.3 Å². The van der Waals surface area contributed by atoms with Crippen molar-refractivity contribution in [1.29, 1.82) is 0 Å². The molecule has 0 N–H and O–H groups in total. The highest BCUT2D eigenvalue weighted by molar-refractivity contribution is 6.68. The summed E-state index contributed by atoms with van der Waals surface area (Å²) >= 11 is 0.